The summed E-state index contributed by atoms with van der Waals surface area (Å²) in [6.45, 7) is 10.1. The molecular formula is C8H16N2. The van der Waals surface area contributed by atoms with Gasteiger partial charge < -0.3 is 0 Å². The summed E-state index contributed by atoms with van der Waals surface area (Å²) in [5, 5.41) is 7.98. The van der Waals surface area contributed by atoms with E-state index in [2.05, 4.69) is 24.1 Å². The van der Waals surface area contributed by atoms with Crippen LogP contribution in [0.5, 0.6) is 0 Å². The van der Waals surface area contributed by atoms with E-state index in [1.165, 1.54) is 0 Å². The van der Waals surface area contributed by atoms with E-state index < -0.39 is 0 Å². The van der Waals surface area contributed by atoms with Crippen molar-refractivity contribution in [3.8, 4) is 0 Å². The van der Waals surface area contributed by atoms with Gasteiger partial charge in [-0.25, -0.2) is 0 Å². The number of hydrogen-bond acceptors (Lipinski definition) is 2. The number of nitrogens with zero attached hydrogens (tertiary/aromatic N) is 2. The average Bonchev–Trinajstić information content (AvgIpc) is 1.82. The number of rotatable bonds is 2. The van der Waals surface area contributed by atoms with Crippen LogP contribution in [0.25, 0.3) is 0 Å². The molecule has 0 aromatic rings. The zero-order valence-electron chi connectivity index (χ0n) is 7.47. The quantitative estimate of drug-likeness (QED) is 0.416. The van der Waals surface area contributed by atoms with Crippen molar-refractivity contribution in [2.45, 2.75) is 34.6 Å². The van der Waals surface area contributed by atoms with Gasteiger partial charge in [0.2, 0.25) is 0 Å². The van der Waals surface area contributed by atoms with E-state index in [0.29, 0.717) is 5.92 Å². The molecule has 2 nitrogen and oxygen atoms in total. The van der Waals surface area contributed by atoms with Gasteiger partial charge in [-0.3, -0.25) is 0 Å². The lowest BCUT2D eigenvalue weighted by Crippen LogP contribution is -2.00. The monoisotopic (exact) mass is 140 g/mol. The Bertz CT molecular complexity index is 151. The zero-order valence-corrected chi connectivity index (χ0v) is 7.47. The first-order valence-corrected chi connectivity index (χ1v) is 3.59. The Morgan fingerprint density at radius 3 is 1.80 bits per heavy atom. The molecule has 0 heterocycles. The van der Waals surface area contributed by atoms with Crippen LogP contribution >= 0.6 is 0 Å². The Morgan fingerprint density at radius 1 is 1.00 bits per heavy atom. The first-order valence-electron chi connectivity index (χ1n) is 3.59. The summed E-state index contributed by atoms with van der Waals surface area (Å²) in [6, 6.07) is 0. The molecule has 0 saturated heterocycles. The summed E-state index contributed by atoms with van der Waals surface area (Å²) in [4.78, 5) is 0. The second-order valence-corrected chi connectivity index (χ2v) is 2.94. The van der Waals surface area contributed by atoms with Gasteiger partial charge in [-0.05, 0) is 26.7 Å². The summed E-state index contributed by atoms with van der Waals surface area (Å²) in [5.41, 5.74) is 2.08. The van der Waals surface area contributed by atoms with Crippen LogP contribution in [0.3, 0.4) is 0 Å². The van der Waals surface area contributed by atoms with Crippen molar-refractivity contribution >= 4 is 11.4 Å². The normalized spacial score (nSPS) is 12.0. The second kappa shape index (κ2) is 4.20. The van der Waals surface area contributed by atoms with Crippen LogP contribution in [0.15, 0.2) is 10.2 Å². The van der Waals surface area contributed by atoms with Crippen LogP contribution < -0.4 is 0 Å². The summed E-state index contributed by atoms with van der Waals surface area (Å²) in [7, 11) is 0. The minimum Gasteiger partial charge on any atom is -0.161 e. The first-order chi connectivity index (χ1) is 4.54. The average molecular weight is 140 g/mol. The standard InChI is InChI=1S/C8H16N2/c1-6(2)8(5)10-9-7(3)4/h6H,1-5H3/b10-8+. The van der Waals surface area contributed by atoms with E-state index in [0.717, 1.165) is 11.4 Å². The Kier molecular flexibility index (Phi) is 3.93. The number of hydrogen-bond donors (Lipinski definition) is 0. The molecule has 0 saturated carbocycles. The van der Waals surface area contributed by atoms with E-state index in [1.54, 1.807) is 0 Å². The first kappa shape index (κ1) is 9.34. The van der Waals surface area contributed by atoms with Crippen molar-refractivity contribution in [2.24, 2.45) is 16.1 Å². The van der Waals surface area contributed by atoms with Gasteiger partial charge in [0.1, 0.15) is 0 Å². The van der Waals surface area contributed by atoms with Gasteiger partial charge in [-0.15, -0.1) is 0 Å². The van der Waals surface area contributed by atoms with Crippen LogP contribution in [-0.2, 0) is 0 Å². The summed E-state index contributed by atoms with van der Waals surface area (Å²) >= 11 is 0. The third kappa shape index (κ3) is 4.24. The molecule has 0 bridgehead atoms. The fraction of sp³-hybridized carbons (Fsp3) is 0.750. The van der Waals surface area contributed by atoms with Gasteiger partial charge in [-0.1, -0.05) is 13.8 Å². The lowest BCUT2D eigenvalue weighted by Gasteiger charge is -1.99. The Hall–Kier alpha value is -0.660. The van der Waals surface area contributed by atoms with Crippen LogP contribution in [-0.4, -0.2) is 11.4 Å². The molecule has 2 heteroatoms. The van der Waals surface area contributed by atoms with E-state index in [9.17, 15) is 0 Å². The highest BCUT2D eigenvalue weighted by molar-refractivity contribution is 5.85. The topological polar surface area (TPSA) is 24.7 Å². The molecule has 0 aliphatic rings. The predicted molar refractivity (Wildman–Crippen MR) is 46.7 cm³/mol. The summed E-state index contributed by atoms with van der Waals surface area (Å²) in [6.07, 6.45) is 0. The van der Waals surface area contributed by atoms with Crippen molar-refractivity contribution in [3.63, 3.8) is 0 Å². The minimum absolute atomic E-state index is 0.503. The second-order valence-electron chi connectivity index (χ2n) is 2.94. The molecule has 0 fully saturated rings. The molecule has 0 atom stereocenters. The molecule has 0 aliphatic heterocycles. The van der Waals surface area contributed by atoms with Gasteiger partial charge in [-0.2, -0.15) is 10.2 Å². The fourth-order valence-electron chi connectivity index (χ4n) is 0.294. The fourth-order valence-corrected chi connectivity index (χ4v) is 0.294. The predicted octanol–water partition coefficient (Wildman–Crippen LogP) is 2.50. The van der Waals surface area contributed by atoms with Crippen molar-refractivity contribution in [1.82, 2.24) is 0 Å². The lowest BCUT2D eigenvalue weighted by molar-refractivity contribution is 0.869. The molecule has 0 rings (SSSR count). The zero-order chi connectivity index (χ0) is 8.15. The third-order valence-corrected chi connectivity index (χ3v) is 1.24. The van der Waals surface area contributed by atoms with E-state index in [1.807, 2.05) is 20.8 Å². The van der Waals surface area contributed by atoms with Gasteiger partial charge in [0.25, 0.3) is 0 Å². The molecule has 0 aromatic heterocycles. The van der Waals surface area contributed by atoms with Gasteiger partial charge >= 0.3 is 0 Å². The maximum Gasteiger partial charge on any atom is 0.0400 e. The van der Waals surface area contributed by atoms with Gasteiger partial charge in [0.15, 0.2) is 0 Å². The minimum atomic E-state index is 0.503. The molecular weight excluding hydrogens is 124 g/mol. The molecule has 0 N–H and O–H groups in total. The molecule has 0 unspecified atom stereocenters. The van der Waals surface area contributed by atoms with Crippen LogP contribution in [0, 0.1) is 5.92 Å². The van der Waals surface area contributed by atoms with Crippen molar-refractivity contribution in [1.29, 1.82) is 0 Å². The Labute approximate surface area is 63.1 Å². The molecule has 0 amide bonds. The maximum atomic E-state index is 4.03. The third-order valence-electron chi connectivity index (χ3n) is 1.24. The smallest absolute Gasteiger partial charge is 0.0400 e. The van der Waals surface area contributed by atoms with Crippen LogP contribution in [0.2, 0.25) is 0 Å². The Balaban J connectivity index is 4.05. The molecule has 10 heavy (non-hydrogen) atoms. The highest BCUT2D eigenvalue weighted by Gasteiger charge is 1.95. The van der Waals surface area contributed by atoms with E-state index in [4.69, 9.17) is 0 Å². The highest BCUT2D eigenvalue weighted by atomic mass is 15.2. The summed E-state index contributed by atoms with van der Waals surface area (Å²) in [5.74, 6) is 0.503. The van der Waals surface area contributed by atoms with Gasteiger partial charge in [0.05, 0.1) is 0 Å². The van der Waals surface area contributed by atoms with Crippen molar-refractivity contribution in [3.05, 3.63) is 0 Å². The molecule has 0 aliphatic carbocycles. The maximum absolute atomic E-state index is 4.03. The molecule has 0 radical (unpaired) electrons. The largest absolute Gasteiger partial charge is 0.161 e. The van der Waals surface area contributed by atoms with Crippen molar-refractivity contribution < 1.29 is 0 Å². The lowest BCUT2D eigenvalue weighted by atomic mass is 10.1. The van der Waals surface area contributed by atoms with Crippen LogP contribution in [0.4, 0.5) is 0 Å². The highest BCUT2D eigenvalue weighted by Crippen LogP contribution is 1.96. The van der Waals surface area contributed by atoms with E-state index in [-0.39, 0.29) is 0 Å². The molecule has 0 aromatic carbocycles. The SMILES string of the molecule is CC(C)=N/N=C(\C)C(C)C. The van der Waals surface area contributed by atoms with Gasteiger partial charge in [0, 0.05) is 11.4 Å². The van der Waals surface area contributed by atoms with Crippen LogP contribution in [0.1, 0.15) is 34.6 Å². The van der Waals surface area contributed by atoms with E-state index >= 15 is 0 Å². The van der Waals surface area contributed by atoms with Crippen molar-refractivity contribution in [2.75, 3.05) is 0 Å². The molecule has 0 spiro atoms. The molecule has 58 valence electrons. The summed E-state index contributed by atoms with van der Waals surface area (Å²) < 4.78 is 0. The Morgan fingerprint density at radius 2 is 1.50 bits per heavy atom.